The number of thiophene rings is 1. The zero-order valence-electron chi connectivity index (χ0n) is 19.9. The zero-order chi connectivity index (χ0) is 26.8. The van der Waals surface area contributed by atoms with Crippen LogP contribution in [0, 0.1) is 6.92 Å². The van der Waals surface area contributed by atoms with Gasteiger partial charge in [0.1, 0.15) is 9.71 Å². The van der Waals surface area contributed by atoms with Crippen molar-refractivity contribution >= 4 is 68.1 Å². The monoisotopic (exact) mass is 563 g/mol. The number of aryl methyl sites for hydroxylation is 1. The molecule has 0 fully saturated rings. The van der Waals surface area contributed by atoms with Crippen molar-refractivity contribution in [2.24, 2.45) is 0 Å². The molecule has 7 nitrogen and oxygen atoms in total. The Hall–Kier alpha value is -3.98. The van der Waals surface area contributed by atoms with Gasteiger partial charge in [0.2, 0.25) is 0 Å². The van der Waals surface area contributed by atoms with Crippen LogP contribution < -0.4 is 5.32 Å². The van der Waals surface area contributed by atoms with Crippen molar-refractivity contribution in [2.75, 3.05) is 11.9 Å². The Bertz CT molecular complexity index is 1700. The molecule has 0 saturated carbocycles. The molecule has 190 valence electrons. The largest absolute Gasteiger partial charge is 0.451 e. The number of esters is 1. The van der Waals surface area contributed by atoms with Gasteiger partial charge in [0.05, 0.1) is 22.1 Å². The van der Waals surface area contributed by atoms with Crippen molar-refractivity contribution in [3.05, 3.63) is 111 Å². The van der Waals surface area contributed by atoms with E-state index >= 15 is 0 Å². The molecule has 0 bridgehead atoms. The third-order valence-corrected chi connectivity index (χ3v) is 7.34. The van der Waals surface area contributed by atoms with E-state index in [-0.39, 0.29) is 17.0 Å². The van der Waals surface area contributed by atoms with Gasteiger partial charge < -0.3 is 10.1 Å². The normalized spacial score (nSPS) is 10.9. The summed E-state index contributed by atoms with van der Waals surface area (Å²) in [4.78, 5) is 39.5. The Labute approximate surface area is 231 Å². The number of carbonyl (C=O) groups is 3. The Morgan fingerprint density at radius 2 is 1.71 bits per heavy atom. The van der Waals surface area contributed by atoms with Gasteiger partial charge in [0.15, 0.2) is 12.4 Å². The average molecular weight is 564 g/mol. The molecular weight excluding hydrogens is 545 g/mol. The number of hydrogen-bond donors (Lipinski definition) is 1. The van der Waals surface area contributed by atoms with Gasteiger partial charge in [-0.2, -0.15) is 5.10 Å². The van der Waals surface area contributed by atoms with Crippen LogP contribution >= 0.6 is 34.5 Å². The lowest BCUT2D eigenvalue weighted by molar-refractivity contribution is -0.119. The van der Waals surface area contributed by atoms with E-state index in [0.717, 1.165) is 15.9 Å². The number of aromatic nitrogens is 2. The first kappa shape index (κ1) is 25.7. The summed E-state index contributed by atoms with van der Waals surface area (Å²) in [5, 5.41) is 8.85. The highest BCUT2D eigenvalue weighted by Crippen LogP contribution is 2.32. The summed E-state index contributed by atoms with van der Waals surface area (Å²) >= 11 is 13.6. The van der Waals surface area contributed by atoms with E-state index in [9.17, 15) is 14.4 Å². The number of amides is 1. The molecule has 0 radical (unpaired) electrons. The fraction of sp³-hybridized carbons (Fsp3) is 0.0714. The topological polar surface area (TPSA) is 90.3 Å². The van der Waals surface area contributed by atoms with Gasteiger partial charge in [-0.15, -0.1) is 11.3 Å². The van der Waals surface area contributed by atoms with Crippen LogP contribution in [0.1, 0.15) is 31.3 Å². The molecule has 2 heterocycles. The summed E-state index contributed by atoms with van der Waals surface area (Å²) in [7, 11) is 0. The highest BCUT2D eigenvalue weighted by molar-refractivity contribution is 7.20. The second-order valence-corrected chi connectivity index (χ2v) is 10.2. The SMILES string of the molecule is Cc1nn(-c2ccccc2Cl)c2sc(C(=O)OCC(=O)Nc3ccc(Cl)cc3C(=O)c3ccccc3)cc12. The molecule has 5 rings (SSSR count). The van der Waals surface area contributed by atoms with E-state index < -0.39 is 18.5 Å². The second-order valence-electron chi connectivity index (χ2n) is 8.29. The lowest BCUT2D eigenvalue weighted by atomic mass is 10.0. The molecule has 38 heavy (non-hydrogen) atoms. The summed E-state index contributed by atoms with van der Waals surface area (Å²) in [6.07, 6.45) is 0. The fourth-order valence-corrected chi connectivity index (χ4v) is 5.34. The summed E-state index contributed by atoms with van der Waals surface area (Å²) in [5.41, 5.74) is 2.37. The molecule has 0 aliphatic heterocycles. The third-order valence-electron chi connectivity index (χ3n) is 5.70. The Morgan fingerprint density at radius 1 is 0.974 bits per heavy atom. The summed E-state index contributed by atoms with van der Waals surface area (Å²) < 4.78 is 6.96. The minimum Gasteiger partial charge on any atom is -0.451 e. The van der Waals surface area contributed by atoms with E-state index in [4.69, 9.17) is 27.9 Å². The first-order valence-electron chi connectivity index (χ1n) is 11.4. The smallest absolute Gasteiger partial charge is 0.348 e. The summed E-state index contributed by atoms with van der Waals surface area (Å²) in [6.45, 7) is 1.30. The molecule has 0 spiro atoms. The number of rotatable bonds is 7. The predicted molar refractivity (Wildman–Crippen MR) is 149 cm³/mol. The number of halogens is 2. The number of benzene rings is 3. The highest BCUT2D eigenvalue weighted by atomic mass is 35.5. The third kappa shape index (κ3) is 5.19. The quantitative estimate of drug-likeness (QED) is 0.175. The number of nitrogens with zero attached hydrogens (tertiary/aromatic N) is 2. The van der Waals surface area contributed by atoms with Gasteiger partial charge in [0, 0.05) is 21.5 Å². The van der Waals surface area contributed by atoms with Gasteiger partial charge in [-0.05, 0) is 43.3 Å². The van der Waals surface area contributed by atoms with Crippen LogP contribution in [0.4, 0.5) is 5.69 Å². The Kier molecular flexibility index (Phi) is 7.28. The Morgan fingerprint density at radius 3 is 2.47 bits per heavy atom. The van der Waals surface area contributed by atoms with E-state index in [1.54, 1.807) is 53.2 Å². The van der Waals surface area contributed by atoms with Crippen LogP contribution in [-0.2, 0) is 9.53 Å². The summed E-state index contributed by atoms with van der Waals surface area (Å²) in [5.74, 6) is -1.54. The molecule has 0 unspecified atom stereocenters. The second kappa shape index (κ2) is 10.8. The highest BCUT2D eigenvalue weighted by Gasteiger charge is 2.21. The van der Waals surface area contributed by atoms with Crippen LogP contribution in [0.2, 0.25) is 10.0 Å². The number of para-hydroxylation sites is 1. The predicted octanol–water partition coefficient (Wildman–Crippen LogP) is 6.73. The maximum atomic E-state index is 13.0. The van der Waals surface area contributed by atoms with E-state index in [2.05, 4.69) is 10.4 Å². The first-order chi connectivity index (χ1) is 18.3. The number of anilines is 1. The van der Waals surface area contributed by atoms with Crippen molar-refractivity contribution in [3.63, 3.8) is 0 Å². The van der Waals surface area contributed by atoms with Gasteiger partial charge in [-0.1, -0.05) is 65.7 Å². The lowest BCUT2D eigenvalue weighted by Gasteiger charge is -2.11. The lowest BCUT2D eigenvalue weighted by Crippen LogP contribution is -2.22. The molecule has 0 saturated heterocycles. The minimum atomic E-state index is -0.650. The molecule has 1 amide bonds. The van der Waals surface area contributed by atoms with Gasteiger partial charge in [-0.3, -0.25) is 9.59 Å². The number of ether oxygens (including phenoxy) is 1. The van der Waals surface area contributed by atoms with E-state index in [1.165, 1.54) is 23.5 Å². The first-order valence-corrected chi connectivity index (χ1v) is 13.0. The molecule has 5 aromatic rings. The van der Waals surface area contributed by atoms with Crippen molar-refractivity contribution in [1.29, 1.82) is 0 Å². The van der Waals surface area contributed by atoms with Crippen LogP contribution in [0.5, 0.6) is 0 Å². The van der Waals surface area contributed by atoms with Crippen molar-refractivity contribution < 1.29 is 19.1 Å². The molecule has 10 heteroatoms. The standard InChI is InChI=1S/C28H19Cl2N3O4S/c1-16-19-14-24(38-27(19)33(32-16)23-10-6-5-9-21(23)30)28(36)37-15-25(34)31-22-12-11-18(29)13-20(22)26(35)17-7-3-2-4-8-17/h2-14H,15H2,1H3,(H,31,34). The number of hydrogen-bond acceptors (Lipinski definition) is 6. The fourth-order valence-electron chi connectivity index (χ4n) is 3.88. The molecule has 3 aromatic carbocycles. The summed E-state index contributed by atoms with van der Waals surface area (Å²) in [6, 6.07) is 22.2. The van der Waals surface area contributed by atoms with Gasteiger partial charge >= 0.3 is 5.97 Å². The number of carbonyl (C=O) groups excluding carboxylic acids is 3. The molecule has 2 aromatic heterocycles. The minimum absolute atomic E-state index is 0.229. The maximum absolute atomic E-state index is 13.0. The number of nitrogens with one attached hydrogen (secondary N) is 1. The molecule has 0 aliphatic rings. The maximum Gasteiger partial charge on any atom is 0.348 e. The number of fused-ring (bicyclic) bond motifs is 1. The molecule has 1 N–H and O–H groups in total. The van der Waals surface area contributed by atoms with Gasteiger partial charge in [0.25, 0.3) is 5.91 Å². The Balaban J connectivity index is 1.30. The molecule has 0 atom stereocenters. The van der Waals surface area contributed by atoms with Crippen molar-refractivity contribution in [1.82, 2.24) is 9.78 Å². The van der Waals surface area contributed by atoms with Crippen LogP contribution in [-0.4, -0.2) is 34.0 Å². The molecule has 0 aliphatic carbocycles. The number of ketones is 1. The van der Waals surface area contributed by atoms with Crippen LogP contribution in [0.3, 0.4) is 0 Å². The van der Waals surface area contributed by atoms with E-state index in [0.29, 0.717) is 26.2 Å². The van der Waals surface area contributed by atoms with Crippen LogP contribution in [0.15, 0.2) is 78.9 Å². The van der Waals surface area contributed by atoms with Crippen LogP contribution in [0.25, 0.3) is 15.9 Å². The van der Waals surface area contributed by atoms with Gasteiger partial charge in [-0.25, -0.2) is 9.48 Å². The van der Waals surface area contributed by atoms with Crippen molar-refractivity contribution in [2.45, 2.75) is 6.92 Å². The average Bonchev–Trinajstić information content (AvgIpc) is 3.49. The van der Waals surface area contributed by atoms with E-state index in [1.807, 2.05) is 25.1 Å². The van der Waals surface area contributed by atoms with Crippen molar-refractivity contribution in [3.8, 4) is 5.69 Å². The molecular formula is C28H19Cl2N3O4S. The zero-order valence-corrected chi connectivity index (χ0v) is 22.2.